The Balaban J connectivity index is 1.64. The monoisotopic (exact) mass is 631 g/mol. The molecule has 1 heterocycles. The molecule has 13 heteroatoms. The third kappa shape index (κ3) is 8.77. The van der Waals surface area contributed by atoms with E-state index < -0.39 is 39.8 Å². The zero-order valence-electron chi connectivity index (χ0n) is 25.3. The molecule has 0 radical (unpaired) electrons. The Labute approximate surface area is 262 Å². The van der Waals surface area contributed by atoms with Crippen LogP contribution in [0, 0.1) is 0 Å². The number of nitrogens with two attached hydrogens (primary N) is 2. The van der Waals surface area contributed by atoms with Gasteiger partial charge in [0.2, 0.25) is 10.0 Å². The molecule has 0 spiro atoms. The average molecular weight is 632 g/mol. The predicted molar refractivity (Wildman–Crippen MR) is 172 cm³/mol. The van der Waals surface area contributed by atoms with Crippen molar-refractivity contribution in [3.05, 3.63) is 119 Å². The molecule has 0 aliphatic heterocycles. The van der Waals surface area contributed by atoms with E-state index >= 15 is 0 Å². The number of benzene rings is 3. The number of carbonyl (C=O) groups excluding carboxylic acids is 3. The van der Waals surface area contributed by atoms with Crippen LogP contribution in [0.5, 0.6) is 0 Å². The van der Waals surface area contributed by atoms with E-state index in [2.05, 4.69) is 15.7 Å². The highest BCUT2D eigenvalue weighted by atomic mass is 32.2. The van der Waals surface area contributed by atoms with Crippen molar-refractivity contribution in [3.8, 4) is 0 Å². The minimum Gasteiger partial charge on any atom is -0.366 e. The molecule has 3 amide bonds. The van der Waals surface area contributed by atoms with Crippen LogP contribution in [-0.4, -0.2) is 61.3 Å². The number of nitrogens with zero attached hydrogens (tertiary/aromatic N) is 3. The second-order valence-electron chi connectivity index (χ2n) is 10.9. The summed E-state index contributed by atoms with van der Waals surface area (Å²) in [7, 11) is -2.37. The number of hydrogen-bond donors (Lipinski definition) is 4. The Bertz CT molecular complexity index is 1760. The lowest BCUT2D eigenvalue weighted by molar-refractivity contribution is 0.0927. The van der Waals surface area contributed by atoms with Gasteiger partial charge in [0.25, 0.3) is 17.7 Å². The molecule has 3 atom stereocenters. The first-order chi connectivity index (χ1) is 21.3. The molecule has 4 aromatic rings. The van der Waals surface area contributed by atoms with Crippen molar-refractivity contribution in [2.75, 3.05) is 17.6 Å². The second-order valence-corrected chi connectivity index (χ2v) is 12.9. The lowest BCUT2D eigenvalue weighted by Gasteiger charge is -2.26. The van der Waals surface area contributed by atoms with Gasteiger partial charge in [0, 0.05) is 30.4 Å². The van der Waals surface area contributed by atoms with E-state index in [9.17, 15) is 22.8 Å². The molecule has 6 N–H and O–H groups in total. The number of hydrogen-bond acceptors (Lipinski definition) is 7. The van der Waals surface area contributed by atoms with Crippen LogP contribution < -0.4 is 26.4 Å². The molecule has 0 saturated heterocycles. The summed E-state index contributed by atoms with van der Waals surface area (Å²) in [5.41, 5.74) is 14.3. The molecule has 0 fully saturated rings. The van der Waals surface area contributed by atoms with Crippen LogP contribution in [0.2, 0.25) is 0 Å². The van der Waals surface area contributed by atoms with Crippen LogP contribution in [0.15, 0.2) is 91.3 Å². The third-order valence-corrected chi connectivity index (χ3v) is 8.60. The standard InChI is InChI=1S/C32H37N7O5S/c1-21(23-12-8-5-9-13-23)36-31(41)24-15-25(17-27(16-24)38(2)45(3,43)44)32(42)37-29(14-22-10-6-4-7-11-22)28(33)20-39-19-26(18-35-39)30(34)40/h4-13,15-19,21,28-29H,14,20,33H2,1-3H3,(H2,34,40)(H,36,41)(H,37,42)/t21-,28+,29+/m1/s1. The first kappa shape index (κ1) is 32.9. The quantitative estimate of drug-likeness (QED) is 0.174. The molecule has 1 aromatic heterocycles. The Kier molecular flexibility index (Phi) is 10.4. The summed E-state index contributed by atoms with van der Waals surface area (Å²) in [6.45, 7) is 1.99. The van der Waals surface area contributed by atoms with E-state index in [1.807, 2.05) is 67.6 Å². The van der Waals surface area contributed by atoms with E-state index in [4.69, 9.17) is 11.5 Å². The van der Waals surface area contributed by atoms with Crippen molar-refractivity contribution in [2.45, 2.75) is 38.0 Å². The molecule has 0 aliphatic carbocycles. The number of nitrogens with one attached hydrogen (secondary N) is 2. The number of sulfonamides is 1. The van der Waals surface area contributed by atoms with Gasteiger partial charge in [0.05, 0.1) is 42.3 Å². The molecule has 236 valence electrons. The minimum atomic E-state index is -3.72. The Morgan fingerprint density at radius 1 is 0.911 bits per heavy atom. The van der Waals surface area contributed by atoms with E-state index in [1.54, 1.807) is 0 Å². The highest BCUT2D eigenvalue weighted by molar-refractivity contribution is 7.92. The van der Waals surface area contributed by atoms with Crippen molar-refractivity contribution in [2.24, 2.45) is 11.5 Å². The Morgan fingerprint density at radius 2 is 1.49 bits per heavy atom. The fourth-order valence-electron chi connectivity index (χ4n) is 4.71. The van der Waals surface area contributed by atoms with Gasteiger partial charge in [-0.25, -0.2) is 8.42 Å². The summed E-state index contributed by atoms with van der Waals surface area (Å²) < 4.78 is 27.3. The molecule has 12 nitrogen and oxygen atoms in total. The molecular formula is C32H37N7O5S. The van der Waals surface area contributed by atoms with Crippen LogP contribution in [-0.2, 0) is 23.0 Å². The number of anilines is 1. The van der Waals surface area contributed by atoms with Crippen LogP contribution in [0.4, 0.5) is 5.69 Å². The van der Waals surface area contributed by atoms with Gasteiger partial charge >= 0.3 is 0 Å². The maximum absolute atomic E-state index is 13.8. The number of primary amides is 1. The molecule has 0 aliphatic rings. The summed E-state index contributed by atoms with van der Waals surface area (Å²) in [6.07, 6.45) is 4.22. The van der Waals surface area contributed by atoms with Crippen molar-refractivity contribution in [3.63, 3.8) is 0 Å². The number of aromatic nitrogens is 2. The van der Waals surface area contributed by atoms with E-state index in [-0.39, 0.29) is 35.0 Å². The van der Waals surface area contributed by atoms with Gasteiger partial charge in [-0.1, -0.05) is 60.7 Å². The lowest BCUT2D eigenvalue weighted by atomic mass is 9.98. The smallest absolute Gasteiger partial charge is 0.251 e. The van der Waals surface area contributed by atoms with E-state index in [0.717, 1.165) is 21.7 Å². The van der Waals surface area contributed by atoms with Gasteiger partial charge in [-0.3, -0.25) is 23.4 Å². The lowest BCUT2D eigenvalue weighted by Crippen LogP contribution is -2.51. The summed E-state index contributed by atoms with van der Waals surface area (Å²) in [5, 5.41) is 10.0. The maximum atomic E-state index is 13.8. The molecule has 0 unspecified atom stereocenters. The largest absolute Gasteiger partial charge is 0.366 e. The number of carbonyl (C=O) groups is 3. The van der Waals surface area contributed by atoms with Gasteiger partial charge < -0.3 is 22.1 Å². The van der Waals surface area contributed by atoms with Gasteiger partial charge in [-0.2, -0.15) is 5.10 Å². The molecule has 0 saturated carbocycles. The zero-order valence-corrected chi connectivity index (χ0v) is 26.1. The normalized spacial score (nSPS) is 13.3. The zero-order chi connectivity index (χ0) is 32.7. The maximum Gasteiger partial charge on any atom is 0.251 e. The van der Waals surface area contributed by atoms with Crippen molar-refractivity contribution >= 4 is 33.4 Å². The molecule has 4 rings (SSSR count). The minimum absolute atomic E-state index is 0.0703. The summed E-state index contributed by atoms with van der Waals surface area (Å²) in [6, 6.07) is 21.4. The van der Waals surface area contributed by atoms with E-state index in [0.29, 0.717) is 6.42 Å². The third-order valence-electron chi connectivity index (χ3n) is 7.40. The van der Waals surface area contributed by atoms with Crippen LogP contribution in [0.1, 0.15) is 55.2 Å². The Hall–Kier alpha value is -5.01. The van der Waals surface area contributed by atoms with Crippen molar-refractivity contribution < 1.29 is 22.8 Å². The van der Waals surface area contributed by atoms with Gasteiger partial charge in [-0.15, -0.1) is 0 Å². The summed E-state index contributed by atoms with van der Waals surface area (Å²) in [4.78, 5) is 38.7. The van der Waals surface area contributed by atoms with Crippen LogP contribution in [0.25, 0.3) is 0 Å². The fourth-order valence-corrected chi connectivity index (χ4v) is 5.20. The predicted octanol–water partition coefficient (Wildman–Crippen LogP) is 2.24. The SMILES string of the molecule is C[C@@H](NC(=O)c1cc(C(=O)N[C@@H](Cc2ccccc2)[C@@H](N)Cn2cc(C(N)=O)cn2)cc(N(C)S(C)(=O)=O)c1)c1ccccc1. The van der Waals surface area contributed by atoms with Crippen molar-refractivity contribution in [1.82, 2.24) is 20.4 Å². The number of rotatable bonds is 13. The second kappa shape index (κ2) is 14.2. The van der Waals surface area contributed by atoms with Gasteiger partial charge in [0.1, 0.15) is 0 Å². The first-order valence-corrected chi connectivity index (χ1v) is 16.0. The van der Waals surface area contributed by atoms with Crippen molar-refractivity contribution in [1.29, 1.82) is 0 Å². The molecule has 45 heavy (non-hydrogen) atoms. The topological polar surface area (TPSA) is 183 Å². The molecule has 3 aromatic carbocycles. The van der Waals surface area contributed by atoms with Crippen LogP contribution >= 0.6 is 0 Å². The summed E-state index contributed by atoms with van der Waals surface area (Å²) >= 11 is 0. The van der Waals surface area contributed by atoms with Crippen LogP contribution in [0.3, 0.4) is 0 Å². The van der Waals surface area contributed by atoms with Gasteiger partial charge in [0.15, 0.2) is 0 Å². The average Bonchev–Trinajstić information content (AvgIpc) is 3.49. The summed E-state index contributed by atoms with van der Waals surface area (Å²) in [5.74, 6) is -1.66. The highest BCUT2D eigenvalue weighted by Crippen LogP contribution is 2.22. The highest BCUT2D eigenvalue weighted by Gasteiger charge is 2.25. The number of amides is 3. The Morgan fingerprint density at radius 3 is 2.04 bits per heavy atom. The molecular weight excluding hydrogens is 594 g/mol. The molecule has 0 bridgehead atoms. The fraction of sp³-hybridized carbons (Fsp3) is 0.250. The first-order valence-electron chi connectivity index (χ1n) is 14.2. The van der Waals surface area contributed by atoms with E-state index in [1.165, 1.54) is 42.3 Å². The van der Waals surface area contributed by atoms with Gasteiger partial charge in [-0.05, 0) is 42.7 Å².